The summed E-state index contributed by atoms with van der Waals surface area (Å²) in [5.41, 5.74) is 1.07. The van der Waals surface area contributed by atoms with Crippen molar-refractivity contribution in [3.63, 3.8) is 0 Å². The molecule has 0 saturated carbocycles. The van der Waals surface area contributed by atoms with E-state index >= 15 is 0 Å². The molecule has 102 valence electrons. The Labute approximate surface area is 107 Å². The number of aliphatic hydroxyl groups excluding tert-OH is 1. The van der Waals surface area contributed by atoms with Gasteiger partial charge in [0.05, 0.1) is 13.3 Å². The molecular weight excluding hydrogens is 236 g/mol. The second kappa shape index (κ2) is 9.38. The normalized spacial score (nSPS) is 9.17. The molecule has 0 unspecified atom stereocenters. The summed E-state index contributed by atoms with van der Waals surface area (Å²) < 4.78 is 10.0. The second-order valence-corrected chi connectivity index (χ2v) is 3.28. The Hall–Kier alpha value is -1.66. The van der Waals surface area contributed by atoms with Crippen LogP contribution in [0.4, 0.5) is 0 Å². The number of nitrogens with zero attached hydrogens (tertiary/aromatic N) is 1. The number of aromatic nitrogens is 1. The number of carbonyl (C=O) groups is 1. The van der Waals surface area contributed by atoms with Gasteiger partial charge in [0.2, 0.25) is 0 Å². The molecule has 0 aliphatic heterocycles. The third kappa shape index (κ3) is 5.11. The zero-order chi connectivity index (χ0) is 14.0. The first-order chi connectivity index (χ1) is 8.69. The third-order valence-corrected chi connectivity index (χ3v) is 2.05. The lowest BCUT2D eigenvalue weighted by Crippen LogP contribution is -2.16. The molecule has 0 aromatic carbocycles. The van der Waals surface area contributed by atoms with Crippen molar-refractivity contribution in [2.45, 2.75) is 6.92 Å². The van der Waals surface area contributed by atoms with E-state index in [1.807, 2.05) is 7.05 Å². The first kappa shape index (κ1) is 16.3. The van der Waals surface area contributed by atoms with Crippen LogP contribution in [-0.4, -0.2) is 50.5 Å². The van der Waals surface area contributed by atoms with Gasteiger partial charge in [-0.1, -0.05) is 0 Å². The van der Waals surface area contributed by atoms with Crippen LogP contribution in [0.25, 0.3) is 0 Å². The zero-order valence-electron chi connectivity index (χ0n) is 11.2. The Morgan fingerprint density at radius 3 is 2.67 bits per heavy atom. The van der Waals surface area contributed by atoms with Crippen LogP contribution in [0.15, 0.2) is 12.3 Å². The quantitative estimate of drug-likeness (QED) is 0.585. The molecule has 0 aliphatic rings. The topological polar surface area (TPSA) is 80.7 Å². The molecule has 6 heteroatoms. The van der Waals surface area contributed by atoms with Crippen LogP contribution < -0.4 is 10.1 Å². The second-order valence-electron chi connectivity index (χ2n) is 3.28. The summed E-state index contributed by atoms with van der Waals surface area (Å²) in [6, 6.07) is 1.77. The predicted molar refractivity (Wildman–Crippen MR) is 67.9 cm³/mol. The summed E-state index contributed by atoms with van der Waals surface area (Å²) >= 11 is 0. The minimum atomic E-state index is -0.431. The van der Waals surface area contributed by atoms with Crippen molar-refractivity contribution in [2.75, 3.05) is 34.4 Å². The van der Waals surface area contributed by atoms with Crippen LogP contribution in [0.2, 0.25) is 0 Å². The van der Waals surface area contributed by atoms with E-state index < -0.39 is 5.97 Å². The number of aliphatic hydroxyl groups is 1. The number of pyridine rings is 1. The number of likely N-dealkylation sites (N-methyl/N-ethyl adjacent to an activating group) is 1. The van der Waals surface area contributed by atoms with Gasteiger partial charge >= 0.3 is 5.97 Å². The number of carbonyl (C=O) groups excluding carboxylic acids is 1. The largest absolute Gasteiger partial charge is 0.491 e. The maximum atomic E-state index is 11.3. The van der Waals surface area contributed by atoms with Crippen LogP contribution >= 0.6 is 0 Å². The smallest absolute Gasteiger partial charge is 0.356 e. The van der Waals surface area contributed by atoms with Gasteiger partial charge in [-0.25, -0.2) is 9.78 Å². The highest BCUT2D eigenvalue weighted by molar-refractivity contribution is 5.88. The van der Waals surface area contributed by atoms with Gasteiger partial charge in [0.15, 0.2) is 5.69 Å². The summed E-state index contributed by atoms with van der Waals surface area (Å²) in [6.07, 6.45) is 1.52. The lowest BCUT2D eigenvalue weighted by molar-refractivity contribution is 0.0593. The number of nitrogens with one attached hydrogen (secondary N) is 1. The molecule has 6 nitrogen and oxygen atoms in total. The minimum Gasteiger partial charge on any atom is -0.491 e. The van der Waals surface area contributed by atoms with Gasteiger partial charge in [-0.2, -0.15) is 0 Å². The molecule has 1 aromatic heterocycles. The van der Waals surface area contributed by atoms with Crippen LogP contribution in [0.1, 0.15) is 16.1 Å². The van der Waals surface area contributed by atoms with E-state index in [0.717, 1.165) is 19.2 Å². The van der Waals surface area contributed by atoms with Crippen LogP contribution in [0.3, 0.4) is 0 Å². The van der Waals surface area contributed by atoms with Gasteiger partial charge in [0.1, 0.15) is 12.4 Å². The third-order valence-electron chi connectivity index (χ3n) is 2.05. The highest BCUT2D eigenvalue weighted by Crippen LogP contribution is 2.14. The molecule has 2 N–H and O–H groups in total. The Balaban J connectivity index is 0.00000137. The van der Waals surface area contributed by atoms with Gasteiger partial charge in [-0.05, 0) is 25.6 Å². The van der Waals surface area contributed by atoms with Crippen LogP contribution in [0.5, 0.6) is 5.75 Å². The minimum absolute atomic E-state index is 0.323. The fraction of sp³-hybridized carbons (Fsp3) is 0.500. The molecule has 0 atom stereocenters. The lowest BCUT2D eigenvalue weighted by Gasteiger charge is -2.08. The van der Waals surface area contributed by atoms with Gasteiger partial charge in [-0.15, -0.1) is 0 Å². The SMILES string of the molecule is CNCCOc1cnc(C(=O)OC)c(C)c1.CO. The standard InChI is InChI=1S/C11H16N2O3.CH4O/c1-8-6-9(16-5-4-12-2)7-13-10(8)11(14)15-3;1-2/h6-7,12H,4-5H2,1-3H3;2H,1H3. The van der Waals surface area contributed by atoms with E-state index in [1.54, 1.807) is 13.0 Å². The van der Waals surface area contributed by atoms with Crippen molar-refractivity contribution in [1.29, 1.82) is 0 Å². The Bertz CT molecular complexity index is 369. The van der Waals surface area contributed by atoms with Gasteiger partial charge < -0.3 is 19.9 Å². The van der Waals surface area contributed by atoms with Crippen molar-refractivity contribution in [2.24, 2.45) is 0 Å². The van der Waals surface area contributed by atoms with Crippen molar-refractivity contribution in [3.8, 4) is 5.75 Å². The van der Waals surface area contributed by atoms with Crippen molar-refractivity contribution in [3.05, 3.63) is 23.5 Å². The van der Waals surface area contributed by atoms with Crippen LogP contribution in [-0.2, 0) is 4.74 Å². The predicted octanol–water partition coefficient (Wildman–Crippen LogP) is 0.383. The van der Waals surface area contributed by atoms with E-state index in [1.165, 1.54) is 13.3 Å². The molecule has 0 saturated heterocycles. The van der Waals surface area contributed by atoms with E-state index in [2.05, 4.69) is 15.0 Å². The number of esters is 1. The van der Waals surface area contributed by atoms with E-state index in [9.17, 15) is 4.79 Å². The number of methoxy groups -OCH3 is 1. The van der Waals surface area contributed by atoms with Crippen molar-refractivity contribution >= 4 is 5.97 Å². The monoisotopic (exact) mass is 256 g/mol. The average Bonchev–Trinajstić information content (AvgIpc) is 2.41. The Morgan fingerprint density at radius 1 is 1.50 bits per heavy atom. The number of hydrogen-bond donors (Lipinski definition) is 2. The first-order valence-corrected chi connectivity index (χ1v) is 5.46. The van der Waals surface area contributed by atoms with E-state index in [4.69, 9.17) is 9.84 Å². The summed E-state index contributed by atoms with van der Waals surface area (Å²) in [6.45, 7) is 3.12. The summed E-state index contributed by atoms with van der Waals surface area (Å²) in [5.74, 6) is 0.222. The molecule has 1 heterocycles. The van der Waals surface area contributed by atoms with E-state index in [0.29, 0.717) is 18.1 Å². The average molecular weight is 256 g/mol. The highest BCUT2D eigenvalue weighted by atomic mass is 16.5. The Morgan fingerprint density at radius 2 is 2.17 bits per heavy atom. The van der Waals surface area contributed by atoms with Crippen molar-refractivity contribution < 1.29 is 19.4 Å². The molecule has 0 spiro atoms. The number of hydrogen-bond acceptors (Lipinski definition) is 6. The van der Waals surface area contributed by atoms with E-state index in [-0.39, 0.29) is 0 Å². The highest BCUT2D eigenvalue weighted by Gasteiger charge is 2.11. The fourth-order valence-corrected chi connectivity index (χ4v) is 1.21. The molecule has 1 rings (SSSR count). The molecule has 0 bridgehead atoms. The van der Waals surface area contributed by atoms with Gasteiger partial charge in [0.25, 0.3) is 0 Å². The maximum Gasteiger partial charge on any atom is 0.356 e. The molecule has 18 heavy (non-hydrogen) atoms. The van der Waals surface area contributed by atoms with Crippen LogP contribution in [0, 0.1) is 6.92 Å². The number of aryl methyl sites for hydroxylation is 1. The molecule has 0 fully saturated rings. The number of rotatable bonds is 5. The maximum absolute atomic E-state index is 11.3. The van der Waals surface area contributed by atoms with Crippen molar-refractivity contribution in [1.82, 2.24) is 10.3 Å². The van der Waals surface area contributed by atoms with Gasteiger partial charge in [0, 0.05) is 13.7 Å². The molecular formula is C12H20N2O4. The molecule has 0 amide bonds. The molecule has 0 aliphatic carbocycles. The molecule has 0 radical (unpaired) electrons. The summed E-state index contributed by atoms with van der Waals surface area (Å²) in [4.78, 5) is 15.3. The summed E-state index contributed by atoms with van der Waals surface area (Å²) in [7, 11) is 4.19. The Kier molecular flexibility index (Phi) is 8.51. The summed E-state index contributed by atoms with van der Waals surface area (Å²) in [5, 5.41) is 9.97. The zero-order valence-corrected chi connectivity index (χ0v) is 11.2. The lowest BCUT2D eigenvalue weighted by atomic mass is 10.2. The number of ether oxygens (including phenoxy) is 2. The van der Waals surface area contributed by atoms with Gasteiger partial charge in [-0.3, -0.25) is 0 Å². The molecule has 1 aromatic rings. The first-order valence-electron chi connectivity index (χ1n) is 5.46. The fourth-order valence-electron chi connectivity index (χ4n) is 1.21.